The molecule has 3 nitrogen and oxygen atoms in total. The average molecular weight is 248 g/mol. The molecule has 0 bridgehead atoms. The molecule has 0 aliphatic carbocycles. The Hall–Kier alpha value is -1.10. The van der Waals surface area contributed by atoms with Gasteiger partial charge >= 0.3 is 5.97 Å². The van der Waals surface area contributed by atoms with Gasteiger partial charge in [-0.05, 0) is 33.6 Å². The molecule has 0 spiro atoms. The third kappa shape index (κ3) is 2.42. The molecule has 0 radical (unpaired) electrons. The van der Waals surface area contributed by atoms with Crippen LogP contribution in [0.2, 0.25) is 0 Å². The molecule has 13 heavy (non-hydrogen) atoms. The summed E-state index contributed by atoms with van der Waals surface area (Å²) in [5, 5.41) is 8.44. The second-order valence-electron chi connectivity index (χ2n) is 2.55. The fourth-order valence-electron chi connectivity index (χ4n) is 0.945. The van der Waals surface area contributed by atoms with Crippen molar-refractivity contribution >= 4 is 27.6 Å². The molecule has 0 atom stereocenters. The van der Waals surface area contributed by atoms with E-state index in [1.54, 1.807) is 0 Å². The number of benzene rings is 1. The SMILES string of the molecule is Nc1cc(CC(=O)O)cc(F)c1Br. The van der Waals surface area contributed by atoms with Crippen molar-refractivity contribution in [3.8, 4) is 0 Å². The Morgan fingerprint density at radius 1 is 1.62 bits per heavy atom. The molecule has 1 aromatic rings. The predicted octanol–water partition coefficient (Wildman–Crippen LogP) is 1.80. The Morgan fingerprint density at radius 2 is 2.23 bits per heavy atom. The zero-order valence-corrected chi connectivity index (χ0v) is 8.14. The summed E-state index contributed by atoms with van der Waals surface area (Å²) in [5.74, 6) is -1.56. The highest BCUT2D eigenvalue weighted by Crippen LogP contribution is 2.24. The van der Waals surface area contributed by atoms with Gasteiger partial charge in [0.15, 0.2) is 0 Å². The maximum absolute atomic E-state index is 13.0. The average Bonchev–Trinajstić information content (AvgIpc) is 1.98. The zero-order chi connectivity index (χ0) is 10.0. The number of hydrogen-bond acceptors (Lipinski definition) is 2. The number of anilines is 1. The van der Waals surface area contributed by atoms with E-state index in [1.807, 2.05) is 0 Å². The number of halogens is 2. The molecule has 3 N–H and O–H groups in total. The molecule has 0 saturated carbocycles. The van der Waals surface area contributed by atoms with E-state index in [1.165, 1.54) is 6.07 Å². The van der Waals surface area contributed by atoms with E-state index < -0.39 is 11.8 Å². The van der Waals surface area contributed by atoms with Gasteiger partial charge in [-0.2, -0.15) is 0 Å². The fourth-order valence-corrected chi connectivity index (χ4v) is 1.17. The van der Waals surface area contributed by atoms with Gasteiger partial charge in [0.2, 0.25) is 0 Å². The first-order valence-corrected chi connectivity index (χ1v) is 4.25. The third-order valence-corrected chi connectivity index (χ3v) is 2.31. The van der Waals surface area contributed by atoms with Crippen LogP contribution in [0.15, 0.2) is 16.6 Å². The summed E-state index contributed by atoms with van der Waals surface area (Å²) >= 11 is 2.93. The van der Waals surface area contributed by atoms with Gasteiger partial charge in [0.05, 0.1) is 10.9 Å². The maximum Gasteiger partial charge on any atom is 0.307 e. The van der Waals surface area contributed by atoms with Crippen LogP contribution in [-0.2, 0) is 11.2 Å². The van der Waals surface area contributed by atoms with Crippen molar-refractivity contribution in [2.75, 3.05) is 5.73 Å². The number of aliphatic carboxylic acids is 1. The molecule has 5 heteroatoms. The first-order valence-electron chi connectivity index (χ1n) is 3.46. The Balaban J connectivity index is 3.06. The Morgan fingerprint density at radius 3 is 2.69 bits per heavy atom. The lowest BCUT2D eigenvalue weighted by molar-refractivity contribution is -0.136. The second-order valence-corrected chi connectivity index (χ2v) is 3.34. The molecular weight excluding hydrogens is 241 g/mol. The van der Waals surface area contributed by atoms with E-state index in [-0.39, 0.29) is 16.6 Å². The van der Waals surface area contributed by atoms with Crippen LogP contribution < -0.4 is 5.73 Å². The molecular formula is C8H7BrFNO2. The first kappa shape index (κ1) is 9.98. The first-order chi connectivity index (χ1) is 6.00. The normalized spacial score (nSPS) is 10.0. The van der Waals surface area contributed by atoms with Crippen LogP contribution in [0.3, 0.4) is 0 Å². The Bertz CT molecular complexity index is 331. The Kier molecular flexibility index (Phi) is 2.87. The molecule has 0 fully saturated rings. The minimum atomic E-state index is -1.01. The van der Waals surface area contributed by atoms with Crippen molar-refractivity contribution in [3.63, 3.8) is 0 Å². The summed E-state index contributed by atoms with van der Waals surface area (Å²) in [5.41, 5.74) is 5.97. The number of carboxylic acids is 1. The van der Waals surface area contributed by atoms with Gasteiger partial charge in [-0.1, -0.05) is 0 Å². The number of rotatable bonds is 2. The number of nitrogen functional groups attached to an aromatic ring is 1. The quantitative estimate of drug-likeness (QED) is 0.784. The number of carboxylic acid groups (broad SMARTS) is 1. The van der Waals surface area contributed by atoms with E-state index in [0.29, 0.717) is 5.56 Å². The van der Waals surface area contributed by atoms with Crippen LogP contribution in [0.4, 0.5) is 10.1 Å². The zero-order valence-electron chi connectivity index (χ0n) is 6.55. The number of carbonyl (C=O) groups is 1. The van der Waals surface area contributed by atoms with Crippen LogP contribution in [0.5, 0.6) is 0 Å². The van der Waals surface area contributed by atoms with E-state index in [0.717, 1.165) is 6.07 Å². The van der Waals surface area contributed by atoms with Crippen LogP contribution in [0.1, 0.15) is 5.56 Å². The highest BCUT2D eigenvalue weighted by Gasteiger charge is 2.08. The van der Waals surface area contributed by atoms with Crippen LogP contribution in [-0.4, -0.2) is 11.1 Å². The van der Waals surface area contributed by atoms with Crippen molar-refractivity contribution in [1.29, 1.82) is 0 Å². The molecule has 1 rings (SSSR count). The highest BCUT2D eigenvalue weighted by molar-refractivity contribution is 9.10. The lowest BCUT2D eigenvalue weighted by Gasteiger charge is -2.03. The molecule has 0 heterocycles. The van der Waals surface area contributed by atoms with Crippen molar-refractivity contribution in [2.45, 2.75) is 6.42 Å². The minimum absolute atomic E-state index is 0.168. The van der Waals surface area contributed by atoms with Crippen molar-refractivity contribution < 1.29 is 14.3 Å². The molecule has 0 saturated heterocycles. The lowest BCUT2D eigenvalue weighted by Crippen LogP contribution is -2.02. The van der Waals surface area contributed by atoms with E-state index in [9.17, 15) is 9.18 Å². The van der Waals surface area contributed by atoms with Crippen molar-refractivity contribution in [2.24, 2.45) is 0 Å². The summed E-state index contributed by atoms with van der Waals surface area (Å²) in [7, 11) is 0. The smallest absolute Gasteiger partial charge is 0.307 e. The van der Waals surface area contributed by atoms with E-state index >= 15 is 0 Å². The van der Waals surface area contributed by atoms with Gasteiger partial charge < -0.3 is 10.8 Å². The second kappa shape index (κ2) is 3.74. The van der Waals surface area contributed by atoms with Crippen LogP contribution in [0, 0.1) is 5.82 Å². The molecule has 0 aliphatic heterocycles. The molecule has 0 unspecified atom stereocenters. The molecule has 1 aromatic carbocycles. The standard InChI is InChI=1S/C8H7BrFNO2/c9-8-5(10)1-4(2-6(8)11)3-7(12)13/h1-2H,3,11H2,(H,12,13). The van der Waals surface area contributed by atoms with Gasteiger partial charge in [-0.3, -0.25) is 4.79 Å². The molecule has 0 aromatic heterocycles. The van der Waals surface area contributed by atoms with Gasteiger partial charge in [0, 0.05) is 5.69 Å². The largest absolute Gasteiger partial charge is 0.481 e. The number of nitrogens with two attached hydrogens (primary N) is 1. The van der Waals surface area contributed by atoms with Crippen LogP contribution >= 0.6 is 15.9 Å². The van der Waals surface area contributed by atoms with Crippen molar-refractivity contribution in [1.82, 2.24) is 0 Å². The molecule has 0 aliphatic rings. The minimum Gasteiger partial charge on any atom is -0.481 e. The van der Waals surface area contributed by atoms with Gasteiger partial charge in [0.1, 0.15) is 5.82 Å². The van der Waals surface area contributed by atoms with E-state index in [4.69, 9.17) is 10.8 Å². The summed E-state index contributed by atoms with van der Waals surface area (Å²) in [4.78, 5) is 10.3. The molecule has 0 amide bonds. The Labute approximate surface area is 82.5 Å². The highest BCUT2D eigenvalue weighted by atomic mass is 79.9. The van der Waals surface area contributed by atoms with Crippen molar-refractivity contribution in [3.05, 3.63) is 28.0 Å². The number of hydrogen-bond donors (Lipinski definition) is 2. The summed E-state index contributed by atoms with van der Waals surface area (Å²) in [6, 6.07) is 2.58. The van der Waals surface area contributed by atoms with E-state index in [2.05, 4.69) is 15.9 Å². The third-order valence-electron chi connectivity index (χ3n) is 1.47. The maximum atomic E-state index is 13.0. The fraction of sp³-hybridized carbons (Fsp3) is 0.125. The van der Waals surface area contributed by atoms with Crippen LogP contribution in [0.25, 0.3) is 0 Å². The summed E-state index contributed by atoms with van der Waals surface area (Å²) in [6.45, 7) is 0. The van der Waals surface area contributed by atoms with Gasteiger partial charge in [0.25, 0.3) is 0 Å². The topological polar surface area (TPSA) is 63.3 Å². The monoisotopic (exact) mass is 247 g/mol. The summed E-state index contributed by atoms with van der Waals surface area (Å²) < 4.78 is 13.1. The lowest BCUT2D eigenvalue weighted by atomic mass is 10.1. The van der Waals surface area contributed by atoms with Gasteiger partial charge in [-0.25, -0.2) is 4.39 Å². The summed E-state index contributed by atoms with van der Waals surface area (Å²) in [6.07, 6.45) is -0.228. The predicted molar refractivity (Wildman–Crippen MR) is 49.9 cm³/mol. The van der Waals surface area contributed by atoms with Gasteiger partial charge in [-0.15, -0.1) is 0 Å². The molecule has 70 valence electrons.